The Balaban J connectivity index is 1.40. The van der Waals surface area contributed by atoms with Crippen LogP contribution in [0.25, 0.3) is 0 Å². The summed E-state index contributed by atoms with van der Waals surface area (Å²) in [6, 6.07) is 5.20. The molecule has 4 rings (SSSR count). The minimum absolute atomic E-state index is 0.0300. The van der Waals surface area contributed by atoms with E-state index in [0.717, 1.165) is 49.8 Å². The van der Waals surface area contributed by atoms with Crippen LogP contribution in [-0.2, 0) is 25.8 Å². The Bertz CT molecular complexity index is 931. The first-order valence-electron chi connectivity index (χ1n) is 11.2. The Hall–Kier alpha value is -1.89. The van der Waals surface area contributed by atoms with Crippen LogP contribution in [-0.4, -0.2) is 38.1 Å². The molecule has 1 aliphatic heterocycles. The van der Waals surface area contributed by atoms with E-state index >= 15 is 0 Å². The predicted octanol–water partition coefficient (Wildman–Crippen LogP) is 3.23. The van der Waals surface area contributed by atoms with Crippen molar-refractivity contribution in [3.8, 4) is 0 Å². The Morgan fingerprint density at radius 1 is 1.13 bits per heavy atom. The molecule has 1 atom stereocenters. The van der Waals surface area contributed by atoms with Gasteiger partial charge in [0.2, 0.25) is 11.8 Å². The molecule has 164 valence electrons. The molecule has 30 heavy (non-hydrogen) atoms. The molecule has 0 unspecified atom stereocenters. The standard InChI is InChI=1S/C23H32N2O4S/c1-15-3-7-19(8-4-15)24-22(26)13-16(2)30(28,29)20-9-10-21-18(14-20)11-12-25(21)23(27)17-5-6-17/h9-10,14-17,19H,3-8,11-13H2,1-2H3,(H,24,26)/t15?,16-,19?/m0/s1. The van der Waals surface area contributed by atoms with Crippen LogP contribution in [0.3, 0.4) is 0 Å². The Morgan fingerprint density at radius 2 is 1.83 bits per heavy atom. The number of amides is 2. The molecule has 0 bridgehead atoms. The SMILES string of the molecule is CC1CCC(NC(=O)C[C@H](C)S(=O)(=O)c2ccc3c(c2)CCN3C(=O)C2CC2)CC1. The van der Waals surface area contributed by atoms with Gasteiger partial charge in [0.25, 0.3) is 0 Å². The Labute approximate surface area is 179 Å². The quantitative estimate of drug-likeness (QED) is 0.748. The first-order valence-corrected chi connectivity index (χ1v) is 12.8. The highest BCUT2D eigenvalue weighted by Gasteiger charge is 2.37. The number of rotatable bonds is 6. The first-order chi connectivity index (χ1) is 14.3. The molecule has 0 aromatic heterocycles. The number of carbonyl (C=O) groups is 2. The average molecular weight is 433 g/mol. The third kappa shape index (κ3) is 4.41. The fraction of sp³-hybridized carbons (Fsp3) is 0.652. The molecule has 3 aliphatic rings. The van der Waals surface area contributed by atoms with Gasteiger partial charge in [-0.1, -0.05) is 6.92 Å². The second-order valence-corrected chi connectivity index (χ2v) is 11.8. The third-order valence-corrected chi connectivity index (χ3v) is 8.99. The molecule has 0 saturated heterocycles. The number of anilines is 1. The lowest BCUT2D eigenvalue weighted by Crippen LogP contribution is -2.39. The molecule has 7 heteroatoms. The number of fused-ring (bicyclic) bond motifs is 1. The Morgan fingerprint density at radius 3 is 2.50 bits per heavy atom. The number of nitrogens with one attached hydrogen (secondary N) is 1. The molecule has 2 aliphatic carbocycles. The van der Waals surface area contributed by atoms with Crippen molar-refractivity contribution < 1.29 is 18.0 Å². The normalized spacial score (nSPS) is 24.9. The molecule has 1 aromatic rings. The van der Waals surface area contributed by atoms with Gasteiger partial charge in [0.15, 0.2) is 9.84 Å². The van der Waals surface area contributed by atoms with E-state index in [9.17, 15) is 18.0 Å². The number of benzene rings is 1. The average Bonchev–Trinajstić information content (AvgIpc) is 3.48. The largest absolute Gasteiger partial charge is 0.353 e. The van der Waals surface area contributed by atoms with Crippen LogP contribution < -0.4 is 10.2 Å². The highest BCUT2D eigenvalue weighted by atomic mass is 32.2. The zero-order valence-electron chi connectivity index (χ0n) is 17.9. The van der Waals surface area contributed by atoms with Gasteiger partial charge in [-0.15, -0.1) is 0 Å². The molecule has 2 amide bonds. The van der Waals surface area contributed by atoms with Crippen molar-refractivity contribution in [3.05, 3.63) is 23.8 Å². The molecule has 1 N–H and O–H groups in total. The van der Waals surface area contributed by atoms with Crippen molar-refractivity contribution in [1.82, 2.24) is 5.32 Å². The van der Waals surface area contributed by atoms with Crippen LogP contribution >= 0.6 is 0 Å². The van der Waals surface area contributed by atoms with Crippen molar-refractivity contribution in [2.45, 2.75) is 81.4 Å². The minimum atomic E-state index is -3.61. The summed E-state index contributed by atoms with van der Waals surface area (Å²) in [5, 5.41) is 2.23. The number of nitrogens with zero attached hydrogens (tertiary/aromatic N) is 1. The summed E-state index contributed by atoms with van der Waals surface area (Å²) in [5.41, 5.74) is 1.74. The summed E-state index contributed by atoms with van der Waals surface area (Å²) < 4.78 is 26.2. The second kappa shape index (κ2) is 8.33. The van der Waals surface area contributed by atoms with Crippen LogP contribution in [0.15, 0.2) is 23.1 Å². The fourth-order valence-corrected chi connectivity index (χ4v) is 6.03. The lowest BCUT2D eigenvalue weighted by Gasteiger charge is -2.27. The number of hydrogen-bond donors (Lipinski definition) is 1. The van der Waals surface area contributed by atoms with Crippen molar-refractivity contribution in [3.63, 3.8) is 0 Å². The van der Waals surface area contributed by atoms with Gasteiger partial charge in [0.05, 0.1) is 10.1 Å². The van der Waals surface area contributed by atoms with Gasteiger partial charge in [0.1, 0.15) is 0 Å². The molecule has 0 spiro atoms. The summed E-state index contributed by atoms with van der Waals surface area (Å²) in [7, 11) is -3.61. The minimum Gasteiger partial charge on any atom is -0.353 e. The van der Waals surface area contributed by atoms with E-state index in [4.69, 9.17) is 0 Å². The van der Waals surface area contributed by atoms with Gasteiger partial charge in [0, 0.05) is 30.6 Å². The summed E-state index contributed by atoms with van der Waals surface area (Å²) in [5.74, 6) is 0.817. The molecular weight excluding hydrogens is 400 g/mol. The van der Waals surface area contributed by atoms with Crippen molar-refractivity contribution in [2.75, 3.05) is 11.4 Å². The summed E-state index contributed by atoms with van der Waals surface area (Å²) in [6.45, 7) is 4.45. The van der Waals surface area contributed by atoms with E-state index in [1.165, 1.54) is 0 Å². The number of sulfone groups is 1. The van der Waals surface area contributed by atoms with Gasteiger partial charge >= 0.3 is 0 Å². The second-order valence-electron chi connectivity index (χ2n) is 9.39. The number of carbonyl (C=O) groups excluding carboxylic acids is 2. The smallest absolute Gasteiger partial charge is 0.230 e. The van der Waals surface area contributed by atoms with E-state index in [2.05, 4.69) is 12.2 Å². The topological polar surface area (TPSA) is 83.6 Å². The maximum absolute atomic E-state index is 13.1. The van der Waals surface area contributed by atoms with Crippen molar-refractivity contribution >= 4 is 27.3 Å². The van der Waals surface area contributed by atoms with Crippen LogP contribution in [0, 0.1) is 11.8 Å². The molecular formula is C23H32N2O4S. The Kier molecular flexibility index (Phi) is 5.93. The molecule has 0 radical (unpaired) electrons. The van der Waals surface area contributed by atoms with Crippen LogP contribution in [0.5, 0.6) is 0 Å². The zero-order chi connectivity index (χ0) is 21.5. The van der Waals surface area contributed by atoms with Gasteiger partial charge in [-0.3, -0.25) is 9.59 Å². The summed E-state index contributed by atoms with van der Waals surface area (Å²) in [4.78, 5) is 26.9. The van der Waals surface area contributed by atoms with Gasteiger partial charge in [-0.2, -0.15) is 0 Å². The highest BCUT2D eigenvalue weighted by Crippen LogP contribution is 2.37. The van der Waals surface area contributed by atoms with Crippen LogP contribution in [0.2, 0.25) is 0 Å². The molecule has 1 heterocycles. The first kappa shape index (κ1) is 21.3. The zero-order valence-corrected chi connectivity index (χ0v) is 18.7. The van der Waals surface area contributed by atoms with Gasteiger partial charge in [-0.05, 0) is 81.5 Å². The molecule has 6 nitrogen and oxygen atoms in total. The predicted molar refractivity (Wildman–Crippen MR) is 116 cm³/mol. The van der Waals surface area contributed by atoms with E-state index in [1.807, 2.05) is 0 Å². The van der Waals surface area contributed by atoms with E-state index in [-0.39, 0.29) is 35.1 Å². The van der Waals surface area contributed by atoms with Gasteiger partial charge < -0.3 is 10.2 Å². The monoisotopic (exact) mass is 432 g/mol. The molecule has 2 saturated carbocycles. The highest BCUT2D eigenvalue weighted by molar-refractivity contribution is 7.92. The maximum atomic E-state index is 13.1. The van der Waals surface area contributed by atoms with Crippen LogP contribution in [0.1, 0.15) is 64.4 Å². The maximum Gasteiger partial charge on any atom is 0.230 e. The van der Waals surface area contributed by atoms with E-state index in [1.54, 1.807) is 30.0 Å². The fourth-order valence-electron chi connectivity index (χ4n) is 4.63. The summed E-state index contributed by atoms with van der Waals surface area (Å²) in [6.07, 6.45) is 6.70. The van der Waals surface area contributed by atoms with Crippen molar-refractivity contribution in [2.24, 2.45) is 11.8 Å². The third-order valence-electron chi connectivity index (χ3n) is 6.85. The summed E-state index contributed by atoms with van der Waals surface area (Å²) >= 11 is 0. The number of hydrogen-bond acceptors (Lipinski definition) is 4. The van der Waals surface area contributed by atoms with Crippen molar-refractivity contribution in [1.29, 1.82) is 0 Å². The lowest BCUT2D eigenvalue weighted by molar-refractivity contribution is -0.122. The molecule has 2 fully saturated rings. The van der Waals surface area contributed by atoms with E-state index < -0.39 is 15.1 Å². The van der Waals surface area contributed by atoms with E-state index in [0.29, 0.717) is 18.9 Å². The van der Waals surface area contributed by atoms with Gasteiger partial charge in [-0.25, -0.2) is 8.42 Å². The lowest BCUT2D eigenvalue weighted by atomic mass is 9.87. The molecule has 1 aromatic carbocycles. The van der Waals surface area contributed by atoms with Crippen LogP contribution in [0.4, 0.5) is 5.69 Å².